The number of anilines is 1. The van der Waals surface area contributed by atoms with Crippen LogP contribution in [0, 0.1) is 6.92 Å². The summed E-state index contributed by atoms with van der Waals surface area (Å²) >= 11 is 15.2. The maximum atomic E-state index is 5.90. The van der Waals surface area contributed by atoms with Crippen LogP contribution >= 0.6 is 39.1 Å². The van der Waals surface area contributed by atoms with Gasteiger partial charge in [0, 0.05) is 10.0 Å². The van der Waals surface area contributed by atoms with Gasteiger partial charge in [0.2, 0.25) is 5.88 Å². The van der Waals surface area contributed by atoms with E-state index in [4.69, 9.17) is 33.7 Å². The number of ether oxygens (including phenoxy) is 1. The Balaban J connectivity index is 2.37. The number of nitrogens with zero attached hydrogens (tertiary/aromatic N) is 1. The van der Waals surface area contributed by atoms with Crippen LogP contribution in [0.1, 0.15) is 5.56 Å². The van der Waals surface area contributed by atoms with Gasteiger partial charge in [0.15, 0.2) is 0 Å². The van der Waals surface area contributed by atoms with Gasteiger partial charge in [-0.15, -0.1) is 0 Å². The first-order valence-electron chi connectivity index (χ1n) is 5.02. The number of hydrogen-bond donors (Lipinski definition) is 1. The molecule has 1 heterocycles. The third-order valence-electron chi connectivity index (χ3n) is 2.32. The van der Waals surface area contributed by atoms with Gasteiger partial charge < -0.3 is 10.5 Å². The number of pyridine rings is 1. The molecule has 0 fully saturated rings. The maximum absolute atomic E-state index is 5.90. The molecule has 2 N–H and O–H groups in total. The van der Waals surface area contributed by atoms with E-state index in [0.29, 0.717) is 31.8 Å². The Morgan fingerprint density at radius 3 is 2.44 bits per heavy atom. The Labute approximate surface area is 123 Å². The van der Waals surface area contributed by atoms with Crippen LogP contribution in [0.3, 0.4) is 0 Å². The van der Waals surface area contributed by atoms with Crippen molar-refractivity contribution < 1.29 is 4.74 Å². The predicted molar refractivity (Wildman–Crippen MR) is 77.6 cm³/mol. The van der Waals surface area contributed by atoms with E-state index < -0.39 is 0 Å². The third-order valence-corrected chi connectivity index (χ3v) is 3.69. The number of nitrogen functional groups attached to an aromatic ring is 1. The molecule has 2 aromatic rings. The highest BCUT2D eigenvalue weighted by molar-refractivity contribution is 9.10. The van der Waals surface area contributed by atoms with Crippen molar-refractivity contribution in [2.75, 3.05) is 5.73 Å². The third kappa shape index (κ3) is 2.88. The Morgan fingerprint density at radius 1 is 1.22 bits per heavy atom. The molecule has 2 rings (SSSR count). The van der Waals surface area contributed by atoms with Crippen LogP contribution < -0.4 is 10.5 Å². The zero-order chi connectivity index (χ0) is 13.3. The van der Waals surface area contributed by atoms with E-state index in [1.54, 1.807) is 24.4 Å². The van der Waals surface area contributed by atoms with Crippen molar-refractivity contribution in [3.8, 4) is 11.6 Å². The summed E-state index contributed by atoms with van der Waals surface area (Å²) in [6.07, 6.45) is 1.54. The second-order valence-electron chi connectivity index (χ2n) is 3.66. The Kier molecular flexibility index (Phi) is 4.00. The quantitative estimate of drug-likeness (QED) is 0.845. The van der Waals surface area contributed by atoms with Gasteiger partial charge in [-0.25, -0.2) is 4.98 Å². The summed E-state index contributed by atoms with van der Waals surface area (Å²) in [5, 5.41) is 1.00. The maximum Gasteiger partial charge on any atom is 0.234 e. The normalized spacial score (nSPS) is 10.4. The van der Waals surface area contributed by atoms with Crippen LogP contribution in [0.25, 0.3) is 0 Å². The van der Waals surface area contributed by atoms with Gasteiger partial charge in [-0.3, -0.25) is 0 Å². The van der Waals surface area contributed by atoms with Crippen LogP contribution in [-0.2, 0) is 0 Å². The van der Waals surface area contributed by atoms with Crippen molar-refractivity contribution in [2.45, 2.75) is 6.92 Å². The highest BCUT2D eigenvalue weighted by atomic mass is 79.9. The molecule has 0 bridgehead atoms. The fourth-order valence-electron chi connectivity index (χ4n) is 1.34. The van der Waals surface area contributed by atoms with Gasteiger partial charge >= 0.3 is 0 Å². The molecule has 18 heavy (non-hydrogen) atoms. The van der Waals surface area contributed by atoms with E-state index >= 15 is 0 Å². The van der Waals surface area contributed by atoms with Crippen molar-refractivity contribution in [1.29, 1.82) is 0 Å². The summed E-state index contributed by atoms with van der Waals surface area (Å²) in [5.41, 5.74) is 7.21. The summed E-state index contributed by atoms with van der Waals surface area (Å²) < 4.78 is 6.33. The van der Waals surface area contributed by atoms with Crippen LogP contribution in [0.5, 0.6) is 11.6 Å². The molecular formula is C12H9BrCl2N2O. The highest BCUT2D eigenvalue weighted by Gasteiger charge is 2.10. The zero-order valence-corrected chi connectivity index (χ0v) is 12.5. The van der Waals surface area contributed by atoms with Gasteiger partial charge in [0.05, 0.1) is 16.4 Å². The molecule has 0 spiro atoms. The predicted octanol–water partition coefficient (Wildman–Crippen LogP) is 4.83. The first-order chi connectivity index (χ1) is 8.47. The number of benzene rings is 1. The van der Waals surface area contributed by atoms with Crippen LogP contribution in [0.4, 0.5) is 5.69 Å². The smallest absolute Gasteiger partial charge is 0.234 e. The molecule has 0 amide bonds. The molecule has 6 heteroatoms. The Hall–Kier alpha value is -0.970. The van der Waals surface area contributed by atoms with Gasteiger partial charge in [0.25, 0.3) is 0 Å². The number of aromatic nitrogens is 1. The summed E-state index contributed by atoms with van der Waals surface area (Å²) in [4.78, 5) is 4.11. The minimum Gasteiger partial charge on any atom is -0.438 e. The fraction of sp³-hybridized carbons (Fsp3) is 0.0833. The molecule has 0 aliphatic heterocycles. The Morgan fingerprint density at radius 2 is 1.83 bits per heavy atom. The van der Waals surface area contributed by atoms with Crippen molar-refractivity contribution in [3.05, 3.63) is 44.5 Å². The minimum absolute atomic E-state index is 0.417. The fourth-order valence-corrected chi connectivity index (χ4v) is 2.26. The SMILES string of the molecule is Cc1c(N)cnc(Oc2cc(Cl)cc(Cl)c2)c1Br. The van der Waals surface area contributed by atoms with Crippen molar-refractivity contribution in [1.82, 2.24) is 4.98 Å². The van der Waals surface area contributed by atoms with E-state index in [1.165, 1.54) is 0 Å². The minimum atomic E-state index is 0.417. The second kappa shape index (κ2) is 5.34. The number of nitrogens with two attached hydrogens (primary N) is 1. The molecule has 0 saturated carbocycles. The van der Waals surface area contributed by atoms with E-state index in [1.807, 2.05) is 6.92 Å². The van der Waals surface area contributed by atoms with Crippen LogP contribution in [-0.4, -0.2) is 4.98 Å². The summed E-state index contributed by atoms with van der Waals surface area (Å²) in [6.45, 7) is 1.87. The molecular weight excluding hydrogens is 339 g/mol. The van der Waals surface area contributed by atoms with Gasteiger partial charge in [-0.05, 0) is 46.6 Å². The molecule has 0 aliphatic carbocycles. The second-order valence-corrected chi connectivity index (χ2v) is 5.33. The summed E-state index contributed by atoms with van der Waals surface area (Å²) in [6, 6.07) is 4.95. The van der Waals surface area contributed by atoms with Crippen molar-refractivity contribution >= 4 is 44.8 Å². The highest BCUT2D eigenvalue weighted by Crippen LogP contribution is 2.34. The summed E-state index contributed by atoms with van der Waals surface area (Å²) in [5.74, 6) is 0.935. The lowest BCUT2D eigenvalue weighted by molar-refractivity contribution is 0.459. The molecule has 1 aromatic heterocycles. The Bertz CT molecular complexity index is 585. The van der Waals surface area contributed by atoms with Crippen molar-refractivity contribution in [2.24, 2.45) is 0 Å². The van der Waals surface area contributed by atoms with Gasteiger partial charge in [0.1, 0.15) is 5.75 Å². The molecule has 0 atom stereocenters. The molecule has 94 valence electrons. The molecule has 1 aromatic carbocycles. The van der Waals surface area contributed by atoms with Crippen LogP contribution in [0.2, 0.25) is 10.0 Å². The topological polar surface area (TPSA) is 48.1 Å². The van der Waals surface area contributed by atoms with Crippen LogP contribution in [0.15, 0.2) is 28.9 Å². The van der Waals surface area contributed by atoms with E-state index in [2.05, 4.69) is 20.9 Å². The van der Waals surface area contributed by atoms with Gasteiger partial charge in [-0.2, -0.15) is 0 Å². The average molecular weight is 348 g/mol. The first kappa shape index (κ1) is 13.5. The molecule has 0 aliphatic rings. The molecule has 0 saturated heterocycles. The monoisotopic (exact) mass is 346 g/mol. The number of rotatable bonds is 2. The van der Waals surface area contributed by atoms with E-state index in [0.717, 1.165) is 5.56 Å². The molecule has 0 radical (unpaired) electrons. The summed E-state index contributed by atoms with van der Waals surface area (Å²) in [7, 11) is 0. The van der Waals surface area contributed by atoms with E-state index in [9.17, 15) is 0 Å². The van der Waals surface area contributed by atoms with E-state index in [-0.39, 0.29) is 0 Å². The lowest BCUT2D eigenvalue weighted by Gasteiger charge is -2.10. The lowest BCUT2D eigenvalue weighted by atomic mass is 10.2. The number of halogens is 3. The average Bonchev–Trinajstić information content (AvgIpc) is 2.29. The largest absolute Gasteiger partial charge is 0.438 e. The first-order valence-corrected chi connectivity index (χ1v) is 6.57. The van der Waals surface area contributed by atoms with Crippen molar-refractivity contribution in [3.63, 3.8) is 0 Å². The van der Waals surface area contributed by atoms with Gasteiger partial charge in [-0.1, -0.05) is 23.2 Å². The standard InChI is InChI=1S/C12H9BrCl2N2O/c1-6-10(16)5-17-12(11(6)13)18-9-3-7(14)2-8(15)4-9/h2-5H,16H2,1H3. The zero-order valence-electron chi connectivity index (χ0n) is 9.38. The lowest BCUT2D eigenvalue weighted by Crippen LogP contribution is -1.96. The number of hydrogen-bond acceptors (Lipinski definition) is 3. The molecule has 0 unspecified atom stereocenters. The molecule has 3 nitrogen and oxygen atoms in total.